The van der Waals surface area contributed by atoms with Crippen LogP contribution in [0.25, 0.3) is 11.3 Å². The second kappa shape index (κ2) is 7.17. The number of aromatic nitrogens is 1. The van der Waals surface area contributed by atoms with Crippen molar-refractivity contribution in [1.82, 2.24) is 4.98 Å². The molecule has 1 heterocycles. The molecule has 0 radical (unpaired) electrons. The number of nitrogens with one attached hydrogen (secondary N) is 1. The summed E-state index contributed by atoms with van der Waals surface area (Å²) in [6.07, 6.45) is -4.41. The van der Waals surface area contributed by atoms with E-state index in [1.807, 2.05) is 0 Å². The minimum absolute atomic E-state index is 0.0460. The van der Waals surface area contributed by atoms with Crippen LogP contribution < -0.4 is 5.32 Å². The van der Waals surface area contributed by atoms with Crippen LogP contribution in [0.4, 0.5) is 24.0 Å². The van der Waals surface area contributed by atoms with E-state index in [1.165, 1.54) is 23.5 Å². The highest BCUT2D eigenvalue weighted by Gasteiger charge is 2.30. The second-order valence-corrected chi connectivity index (χ2v) is 6.36. The van der Waals surface area contributed by atoms with Gasteiger partial charge < -0.3 is 10.4 Å². The smallest absolute Gasteiger partial charge is 0.416 e. The molecule has 4 nitrogen and oxygen atoms in total. The minimum Gasteiger partial charge on any atom is -0.481 e. The number of thiazole rings is 1. The monoisotopic (exact) mass is 378 g/mol. The number of anilines is 2. The molecule has 0 saturated heterocycles. The summed E-state index contributed by atoms with van der Waals surface area (Å²) in [6.45, 7) is 0. The fourth-order valence-electron chi connectivity index (χ4n) is 2.30. The van der Waals surface area contributed by atoms with E-state index in [-0.39, 0.29) is 6.42 Å². The molecule has 0 bridgehead atoms. The van der Waals surface area contributed by atoms with Crippen molar-refractivity contribution in [2.45, 2.75) is 12.6 Å². The molecule has 0 spiro atoms. The fraction of sp³-hybridized carbons (Fsp3) is 0.111. The van der Waals surface area contributed by atoms with Gasteiger partial charge >= 0.3 is 12.1 Å². The maximum absolute atomic E-state index is 12.6. The highest BCUT2D eigenvalue weighted by molar-refractivity contribution is 7.14. The first-order chi connectivity index (χ1) is 12.3. The quantitative estimate of drug-likeness (QED) is 0.641. The van der Waals surface area contributed by atoms with E-state index in [9.17, 15) is 18.0 Å². The van der Waals surface area contributed by atoms with E-state index in [0.717, 1.165) is 17.8 Å². The molecule has 0 aliphatic heterocycles. The Labute approximate surface area is 151 Å². The molecule has 0 aliphatic rings. The number of benzene rings is 2. The Bertz CT molecular complexity index is 903. The van der Waals surface area contributed by atoms with E-state index in [0.29, 0.717) is 22.0 Å². The third kappa shape index (κ3) is 4.40. The lowest BCUT2D eigenvalue weighted by Crippen LogP contribution is -2.03. The molecule has 2 aromatic carbocycles. The predicted molar refractivity (Wildman–Crippen MR) is 93.6 cm³/mol. The van der Waals surface area contributed by atoms with Crippen LogP contribution in [0.5, 0.6) is 0 Å². The summed E-state index contributed by atoms with van der Waals surface area (Å²) < 4.78 is 37.8. The Hall–Kier alpha value is -2.87. The number of alkyl halides is 3. The molecule has 2 N–H and O–H groups in total. The summed E-state index contributed by atoms with van der Waals surface area (Å²) in [5.74, 6) is -0.896. The molecule has 1 aromatic heterocycles. The van der Waals surface area contributed by atoms with Gasteiger partial charge in [-0.05, 0) is 29.8 Å². The van der Waals surface area contributed by atoms with Crippen molar-refractivity contribution < 1.29 is 23.1 Å². The number of nitrogens with zero attached hydrogens (tertiary/aromatic N) is 1. The van der Waals surface area contributed by atoms with E-state index < -0.39 is 17.7 Å². The van der Waals surface area contributed by atoms with Crippen LogP contribution in [0.2, 0.25) is 0 Å². The first-order valence-electron chi connectivity index (χ1n) is 7.52. The number of carboxylic acid groups (broad SMARTS) is 1. The first kappa shape index (κ1) is 17.9. The Morgan fingerprint density at radius 3 is 2.31 bits per heavy atom. The van der Waals surface area contributed by atoms with Crippen molar-refractivity contribution in [2.75, 3.05) is 5.32 Å². The van der Waals surface area contributed by atoms with Gasteiger partial charge in [0.15, 0.2) is 5.13 Å². The SMILES string of the molecule is O=C(O)Cc1ccc(Nc2nc(-c3ccc(C(F)(F)F)cc3)cs2)cc1. The number of hydrogen-bond donors (Lipinski definition) is 2. The number of halogens is 3. The molecule has 8 heteroatoms. The fourth-order valence-corrected chi connectivity index (χ4v) is 3.04. The summed E-state index contributed by atoms with van der Waals surface area (Å²) in [6, 6.07) is 11.8. The predicted octanol–water partition coefficient (Wildman–Crippen LogP) is 5.20. The zero-order valence-corrected chi connectivity index (χ0v) is 14.1. The molecular formula is C18H13F3N2O2S. The van der Waals surface area contributed by atoms with E-state index in [4.69, 9.17) is 5.11 Å². The van der Waals surface area contributed by atoms with Crippen molar-refractivity contribution in [3.63, 3.8) is 0 Å². The van der Waals surface area contributed by atoms with Crippen molar-refractivity contribution in [3.8, 4) is 11.3 Å². The first-order valence-corrected chi connectivity index (χ1v) is 8.40. The van der Waals surface area contributed by atoms with Gasteiger partial charge in [-0.25, -0.2) is 4.98 Å². The molecule has 0 fully saturated rings. The molecule has 0 saturated carbocycles. The van der Waals surface area contributed by atoms with E-state index in [1.54, 1.807) is 29.6 Å². The van der Waals surface area contributed by atoms with Crippen LogP contribution >= 0.6 is 11.3 Å². The average Bonchev–Trinajstić information content (AvgIpc) is 3.04. The molecule has 0 aliphatic carbocycles. The van der Waals surface area contributed by atoms with Gasteiger partial charge in [0, 0.05) is 16.6 Å². The number of hydrogen-bond acceptors (Lipinski definition) is 4. The summed E-state index contributed by atoms with van der Waals surface area (Å²) in [7, 11) is 0. The zero-order chi connectivity index (χ0) is 18.7. The van der Waals surface area contributed by atoms with Crippen LogP contribution in [0.1, 0.15) is 11.1 Å². The number of rotatable bonds is 5. The van der Waals surface area contributed by atoms with Gasteiger partial charge in [-0.2, -0.15) is 13.2 Å². The topological polar surface area (TPSA) is 62.2 Å². The molecule has 0 unspecified atom stereocenters. The third-order valence-electron chi connectivity index (χ3n) is 3.57. The lowest BCUT2D eigenvalue weighted by atomic mass is 10.1. The Balaban J connectivity index is 1.71. The molecule has 26 heavy (non-hydrogen) atoms. The zero-order valence-electron chi connectivity index (χ0n) is 13.2. The van der Waals surface area contributed by atoms with Crippen molar-refractivity contribution in [3.05, 3.63) is 65.0 Å². The Morgan fingerprint density at radius 2 is 1.73 bits per heavy atom. The van der Waals surface area contributed by atoms with Crippen LogP contribution in [0, 0.1) is 0 Å². The van der Waals surface area contributed by atoms with Crippen LogP contribution in [0.3, 0.4) is 0 Å². The van der Waals surface area contributed by atoms with Gasteiger partial charge in [0.1, 0.15) is 0 Å². The highest BCUT2D eigenvalue weighted by atomic mass is 32.1. The van der Waals surface area contributed by atoms with Gasteiger partial charge in [-0.3, -0.25) is 4.79 Å². The number of carboxylic acids is 1. The van der Waals surface area contributed by atoms with Gasteiger partial charge in [-0.15, -0.1) is 11.3 Å². The summed E-state index contributed by atoms with van der Waals surface area (Å²) in [4.78, 5) is 15.0. The summed E-state index contributed by atoms with van der Waals surface area (Å²) in [5.41, 5.74) is 1.91. The van der Waals surface area contributed by atoms with Gasteiger partial charge in [0.2, 0.25) is 0 Å². The maximum atomic E-state index is 12.6. The highest BCUT2D eigenvalue weighted by Crippen LogP contribution is 2.32. The van der Waals surface area contributed by atoms with Gasteiger partial charge in [-0.1, -0.05) is 24.3 Å². The lowest BCUT2D eigenvalue weighted by molar-refractivity contribution is -0.138. The molecule has 0 amide bonds. The summed E-state index contributed by atoms with van der Waals surface area (Å²) >= 11 is 1.33. The Kier molecular flexibility index (Phi) is 4.94. The van der Waals surface area contributed by atoms with Crippen molar-refractivity contribution in [1.29, 1.82) is 0 Å². The van der Waals surface area contributed by atoms with Crippen LogP contribution in [-0.2, 0) is 17.4 Å². The second-order valence-electron chi connectivity index (χ2n) is 5.51. The number of aliphatic carboxylic acids is 1. The molecule has 134 valence electrons. The third-order valence-corrected chi connectivity index (χ3v) is 4.33. The van der Waals surface area contributed by atoms with Crippen molar-refractivity contribution in [2.24, 2.45) is 0 Å². The van der Waals surface area contributed by atoms with Gasteiger partial charge in [0.05, 0.1) is 17.7 Å². The summed E-state index contributed by atoms with van der Waals surface area (Å²) in [5, 5.41) is 14.2. The molecule has 3 aromatic rings. The van der Waals surface area contributed by atoms with Gasteiger partial charge in [0.25, 0.3) is 0 Å². The molecular weight excluding hydrogens is 365 g/mol. The minimum atomic E-state index is -4.36. The van der Waals surface area contributed by atoms with Crippen molar-refractivity contribution >= 4 is 28.1 Å². The van der Waals surface area contributed by atoms with Crippen LogP contribution in [0.15, 0.2) is 53.9 Å². The largest absolute Gasteiger partial charge is 0.481 e. The van der Waals surface area contributed by atoms with Crippen LogP contribution in [-0.4, -0.2) is 16.1 Å². The van der Waals surface area contributed by atoms with E-state index >= 15 is 0 Å². The molecule has 3 rings (SSSR count). The lowest BCUT2D eigenvalue weighted by Gasteiger charge is -2.06. The Morgan fingerprint density at radius 1 is 1.08 bits per heavy atom. The van der Waals surface area contributed by atoms with E-state index in [2.05, 4.69) is 10.3 Å². The standard InChI is InChI=1S/C18H13F3N2O2S/c19-18(20,21)13-5-3-12(4-6-13)15-10-26-17(23-15)22-14-7-1-11(2-8-14)9-16(24)25/h1-8,10H,9H2,(H,22,23)(H,24,25). The molecule has 0 atom stereocenters. The number of carbonyl (C=O) groups is 1. The normalized spacial score (nSPS) is 11.3. The maximum Gasteiger partial charge on any atom is 0.416 e. The average molecular weight is 378 g/mol.